The molecule has 0 radical (unpaired) electrons. The lowest BCUT2D eigenvalue weighted by atomic mass is 10.0. The van der Waals surface area contributed by atoms with Crippen LogP contribution in [0.1, 0.15) is 22.5 Å². The zero-order valence-corrected chi connectivity index (χ0v) is 19.4. The van der Waals surface area contributed by atoms with Crippen LogP contribution in [0.2, 0.25) is 5.02 Å². The number of para-hydroxylation sites is 2. The van der Waals surface area contributed by atoms with Gasteiger partial charge in [-0.05, 0) is 73.0 Å². The molecule has 0 N–H and O–H groups in total. The number of furan rings is 1. The average molecular weight is 475 g/mol. The van der Waals surface area contributed by atoms with Crippen LogP contribution in [0, 0.1) is 18.3 Å². The van der Waals surface area contributed by atoms with Crippen LogP contribution in [0.25, 0.3) is 16.7 Å². The Morgan fingerprint density at radius 3 is 2.58 bits per heavy atom. The zero-order valence-electron chi connectivity index (χ0n) is 17.9. The number of alkyl halides is 1. The number of imidazole rings is 1. The fraction of sp³-hybridized carbons (Fsp3) is 0.154. The molecule has 0 aliphatic carbocycles. The van der Waals surface area contributed by atoms with Crippen LogP contribution in [0.4, 0.5) is 11.5 Å². The molecule has 0 saturated heterocycles. The highest BCUT2D eigenvalue weighted by atomic mass is 35.5. The third-order valence-electron chi connectivity index (χ3n) is 5.84. The van der Waals surface area contributed by atoms with Crippen molar-refractivity contribution >= 4 is 51.4 Å². The predicted octanol–water partition coefficient (Wildman–Crippen LogP) is 7.03. The lowest BCUT2D eigenvalue weighted by Crippen LogP contribution is -2.22. The largest absolute Gasteiger partial charge is 0.467 e. The molecule has 0 unspecified atom stereocenters. The van der Waals surface area contributed by atoms with E-state index in [2.05, 4.69) is 15.4 Å². The Morgan fingerprint density at radius 1 is 1.09 bits per heavy atom. The first-order valence-corrected chi connectivity index (χ1v) is 11.5. The SMILES string of the molecule is Cc1c(CCCl)c(N(Cc2ccco2)c2ccc(Cl)cc2)n2c(nc3ccccc32)c1C#N. The van der Waals surface area contributed by atoms with Gasteiger partial charge in [0.15, 0.2) is 5.65 Å². The Kier molecular flexibility index (Phi) is 5.72. The summed E-state index contributed by atoms with van der Waals surface area (Å²) in [5.74, 6) is 2.14. The van der Waals surface area contributed by atoms with Crippen molar-refractivity contribution in [1.82, 2.24) is 9.38 Å². The molecule has 7 heteroatoms. The standard InChI is InChI=1S/C26H20Cl2N4O/c1-17-21(12-13-27)26(32-24-7-3-2-6-23(24)30-25(32)22(17)15-29)31(16-20-5-4-14-33-20)19-10-8-18(28)9-11-19/h2-11,14H,12-13,16H2,1H3. The number of hydrogen-bond donors (Lipinski definition) is 0. The van der Waals surface area contributed by atoms with E-state index in [4.69, 9.17) is 32.6 Å². The Labute approximate surface area is 201 Å². The third kappa shape index (κ3) is 3.72. The van der Waals surface area contributed by atoms with Gasteiger partial charge in [-0.15, -0.1) is 11.6 Å². The molecule has 0 aliphatic heterocycles. The van der Waals surface area contributed by atoms with E-state index in [0.717, 1.165) is 39.4 Å². The number of anilines is 2. The monoisotopic (exact) mass is 474 g/mol. The van der Waals surface area contributed by atoms with Crippen LogP contribution in [0.3, 0.4) is 0 Å². The first-order chi connectivity index (χ1) is 16.1. The number of nitrogens with zero attached hydrogens (tertiary/aromatic N) is 4. The van der Waals surface area contributed by atoms with Crippen LogP contribution < -0.4 is 4.90 Å². The van der Waals surface area contributed by atoms with Gasteiger partial charge >= 0.3 is 0 Å². The van der Waals surface area contributed by atoms with Gasteiger partial charge < -0.3 is 9.32 Å². The van der Waals surface area contributed by atoms with Crippen LogP contribution in [-0.2, 0) is 13.0 Å². The molecule has 164 valence electrons. The lowest BCUT2D eigenvalue weighted by molar-refractivity contribution is 0.509. The molecular weight excluding hydrogens is 455 g/mol. The summed E-state index contributed by atoms with van der Waals surface area (Å²) in [6.45, 7) is 2.45. The van der Waals surface area contributed by atoms with E-state index in [0.29, 0.717) is 35.1 Å². The van der Waals surface area contributed by atoms with E-state index in [1.54, 1.807) is 6.26 Å². The molecule has 0 spiro atoms. The van der Waals surface area contributed by atoms with Crippen molar-refractivity contribution in [2.45, 2.75) is 19.9 Å². The summed E-state index contributed by atoms with van der Waals surface area (Å²) >= 11 is 12.5. The second-order valence-electron chi connectivity index (χ2n) is 7.75. The van der Waals surface area contributed by atoms with Crippen molar-refractivity contribution in [2.75, 3.05) is 10.8 Å². The van der Waals surface area contributed by atoms with Gasteiger partial charge in [0.1, 0.15) is 17.6 Å². The normalized spacial score (nSPS) is 11.2. The zero-order chi connectivity index (χ0) is 22.9. The number of halogens is 2. The van der Waals surface area contributed by atoms with Crippen molar-refractivity contribution < 1.29 is 4.42 Å². The van der Waals surface area contributed by atoms with Gasteiger partial charge in [-0.2, -0.15) is 5.26 Å². The van der Waals surface area contributed by atoms with E-state index in [-0.39, 0.29) is 0 Å². The lowest BCUT2D eigenvalue weighted by Gasteiger charge is -2.29. The Hall–Kier alpha value is -3.46. The molecule has 33 heavy (non-hydrogen) atoms. The van der Waals surface area contributed by atoms with Crippen LogP contribution >= 0.6 is 23.2 Å². The molecule has 0 atom stereocenters. The third-order valence-corrected chi connectivity index (χ3v) is 6.28. The molecule has 2 aromatic carbocycles. The van der Waals surface area contributed by atoms with Gasteiger partial charge in [-0.3, -0.25) is 4.40 Å². The molecule has 5 nitrogen and oxygen atoms in total. The second kappa shape index (κ2) is 8.82. The highest BCUT2D eigenvalue weighted by Gasteiger charge is 2.25. The number of benzene rings is 2. The minimum Gasteiger partial charge on any atom is -0.467 e. The smallest absolute Gasteiger partial charge is 0.157 e. The van der Waals surface area contributed by atoms with E-state index in [1.807, 2.05) is 67.6 Å². The van der Waals surface area contributed by atoms with Gasteiger partial charge in [-0.1, -0.05) is 23.7 Å². The molecule has 5 rings (SSSR count). The van der Waals surface area contributed by atoms with Gasteiger partial charge in [-0.25, -0.2) is 4.98 Å². The summed E-state index contributed by atoms with van der Waals surface area (Å²) in [5, 5.41) is 10.7. The van der Waals surface area contributed by atoms with E-state index in [9.17, 15) is 5.26 Å². The summed E-state index contributed by atoms with van der Waals surface area (Å²) in [6.07, 6.45) is 2.27. The highest BCUT2D eigenvalue weighted by Crippen LogP contribution is 2.38. The first kappa shape index (κ1) is 21.4. The molecule has 5 aromatic rings. The molecular formula is C26H20Cl2N4O. The maximum Gasteiger partial charge on any atom is 0.157 e. The van der Waals surface area contributed by atoms with Crippen LogP contribution in [0.15, 0.2) is 71.3 Å². The van der Waals surface area contributed by atoms with Gasteiger partial charge in [0, 0.05) is 16.6 Å². The quantitative estimate of drug-likeness (QED) is 0.247. The van der Waals surface area contributed by atoms with E-state index >= 15 is 0 Å². The van der Waals surface area contributed by atoms with Crippen molar-refractivity contribution in [2.24, 2.45) is 0 Å². The summed E-state index contributed by atoms with van der Waals surface area (Å²) < 4.78 is 7.79. The number of aromatic nitrogens is 2. The van der Waals surface area contributed by atoms with Crippen molar-refractivity contribution in [1.29, 1.82) is 5.26 Å². The molecule has 0 saturated carbocycles. The minimum absolute atomic E-state index is 0.423. The van der Waals surface area contributed by atoms with Crippen molar-refractivity contribution in [3.05, 3.63) is 94.4 Å². The summed E-state index contributed by atoms with van der Waals surface area (Å²) in [7, 11) is 0. The summed E-state index contributed by atoms with van der Waals surface area (Å²) in [5.41, 5.74) is 5.76. The molecule has 0 amide bonds. The van der Waals surface area contributed by atoms with E-state index < -0.39 is 0 Å². The number of pyridine rings is 1. The van der Waals surface area contributed by atoms with Gasteiger partial charge in [0.2, 0.25) is 0 Å². The molecule has 3 heterocycles. The number of rotatable bonds is 6. The highest BCUT2D eigenvalue weighted by molar-refractivity contribution is 6.30. The topological polar surface area (TPSA) is 57.5 Å². The fourth-order valence-corrected chi connectivity index (χ4v) is 4.62. The van der Waals surface area contributed by atoms with Crippen molar-refractivity contribution in [3.63, 3.8) is 0 Å². The summed E-state index contributed by atoms with van der Waals surface area (Å²) in [6, 6.07) is 21.8. The second-order valence-corrected chi connectivity index (χ2v) is 8.57. The average Bonchev–Trinajstić information content (AvgIpc) is 3.47. The predicted molar refractivity (Wildman–Crippen MR) is 133 cm³/mol. The Bertz CT molecular complexity index is 1480. The fourth-order valence-electron chi connectivity index (χ4n) is 4.31. The van der Waals surface area contributed by atoms with Crippen molar-refractivity contribution in [3.8, 4) is 6.07 Å². The number of hydrogen-bond acceptors (Lipinski definition) is 4. The minimum atomic E-state index is 0.423. The number of fused-ring (bicyclic) bond motifs is 3. The molecule has 3 aromatic heterocycles. The van der Waals surface area contributed by atoms with Gasteiger partial charge in [0.05, 0.1) is 29.4 Å². The maximum atomic E-state index is 10.0. The number of nitriles is 1. The first-order valence-electron chi connectivity index (χ1n) is 10.6. The van der Waals surface area contributed by atoms with E-state index in [1.165, 1.54) is 0 Å². The molecule has 0 aliphatic rings. The Balaban J connectivity index is 1.91. The molecule has 0 bridgehead atoms. The van der Waals surface area contributed by atoms with Gasteiger partial charge in [0.25, 0.3) is 0 Å². The van der Waals surface area contributed by atoms with Crippen LogP contribution in [-0.4, -0.2) is 15.3 Å². The summed E-state index contributed by atoms with van der Waals surface area (Å²) in [4.78, 5) is 7.01. The van der Waals surface area contributed by atoms with Crippen LogP contribution in [0.5, 0.6) is 0 Å². The maximum absolute atomic E-state index is 10.0. The molecule has 0 fully saturated rings. The Morgan fingerprint density at radius 2 is 1.88 bits per heavy atom.